The number of halogens is 4. The molecule has 1 aromatic carbocycles. The molecule has 0 atom stereocenters. The molecule has 7 heteroatoms. The highest BCUT2D eigenvalue weighted by molar-refractivity contribution is 9.10. The molecule has 106 valence electrons. The number of alkyl halides is 3. The minimum absolute atomic E-state index is 0.00930. The second kappa shape index (κ2) is 6.38. The highest BCUT2D eigenvalue weighted by atomic mass is 79.9. The molecule has 1 rings (SSSR count). The number of amides is 1. The summed E-state index contributed by atoms with van der Waals surface area (Å²) in [5, 5.41) is 0. The number of nitrogens with zero attached hydrogens (tertiary/aromatic N) is 1. The quantitative estimate of drug-likeness (QED) is 0.917. The van der Waals surface area contributed by atoms with Crippen molar-refractivity contribution < 1.29 is 18.0 Å². The van der Waals surface area contributed by atoms with E-state index in [-0.39, 0.29) is 10.0 Å². The Balaban J connectivity index is 2.99. The summed E-state index contributed by atoms with van der Waals surface area (Å²) in [4.78, 5) is 13.3. The molecule has 0 aliphatic rings. The van der Waals surface area contributed by atoms with E-state index in [9.17, 15) is 18.0 Å². The third-order valence-electron chi connectivity index (χ3n) is 2.56. The summed E-state index contributed by atoms with van der Waals surface area (Å²) in [5.74, 6) is -0.452. The number of nitrogens with two attached hydrogens (primary N) is 1. The monoisotopic (exact) mass is 338 g/mol. The van der Waals surface area contributed by atoms with Crippen molar-refractivity contribution >= 4 is 21.8 Å². The second-order valence-corrected chi connectivity index (χ2v) is 4.92. The van der Waals surface area contributed by atoms with Crippen LogP contribution in [0.2, 0.25) is 0 Å². The number of benzene rings is 1. The van der Waals surface area contributed by atoms with E-state index in [4.69, 9.17) is 5.73 Å². The van der Waals surface area contributed by atoms with Crippen molar-refractivity contribution in [2.45, 2.75) is 12.6 Å². The molecule has 0 aliphatic heterocycles. The molecule has 0 spiro atoms. The maximum absolute atomic E-state index is 12.7. The molecule has 2 N–H and O–H groups in total. The molecule has 1 aromatic rings. The van der Waals surface area contributed by atoms with Crippen LogP contribution in [0.1, 0.15) is 22.3 Å². The molecular formula is C12H14BrF3N2O. The van der Waals surface area contributed by atoms with Crippen LogP contribution < -0.4 is 5.73 Å². The Morgan fingerprint density at radius 1 is 1.42 bits per heavy atom. The Labute approximate surface area is 117 Å². The fourth-order valence-electron chi connectivity index (χ4n) is 1.53. The summed E-state index contributed by atoms with van der Waals surface area (Å²) in [6, 6.07) is 3.44. The topological polar surface area (TPSA) is 46.3 Å². The first-order chi connectivity index (χ1) is 8.77. The van der Waals surface area contributed by atoms with Gasteiger partial charge in [0.25, 0.3) is 5.91 Å². The van der Waals surface area contributed by atoms with Gasteiger partial charge in [-0.2, -0.15) is 13.2 Å². The molecule has 3 nitrogen and oxygen atoms in total. The number of carbonyl (C=O) groups excluding carboxylic acids is 1. The summed E-state index contributed by atoms with van der Waals surface area (Å²) in [6.45, 7) is 0.832. The van der Waals surface area contributed by atoms with Crippen molar-refractivity contribution in [3.63, 3.8) is 0 Å². The van der Waals surface area contributed by atoms with Crippen LogP contribution in [0.25, 0.3) is 0 Å². The van der Waals surface area contributed by atoms with Gasteiger partial charge < -0.3 is 10.6 Å². The van der Waals surface area contributed by atoms with E-state index in [1.54, 1.807) is 0 Å². The van der Waals surface area contributed by atoms with Crippen molar-refractivity contribution in [3.8, 4) is 0 Å². The third kappa shape index (κ3) is 4.21. The van der Waals surface area contributed by atoms with Crippen molar-refractivity contribution in [2.24, 2.45) is 5.73 Å². The van der Waals surface area contributed by atoms with Crippen LogP contribution in [0.4, 0.5) is 13.2 Å². The largest absolute Gasteiger partial charge is 0.417 e. The molecule has 0 radical (unpaired) electrons. The normalized spacial score (nSPS) is 11.5. The van der Waals surface area contributed by atoms with Crippen LogP contribution in [-0.4, -0.2) is 30.9 Å². The zero-order valence-corrected chi connectivity index (χ0v) is 11.9. The predicted molar refractivity (Wildman–Crippen MR) is 69.8 cm³/mol. The number of hydrogen-bond acceptors (Lipinski definition) is 2. The van der Waals surface area contributed by atoms with Gasteiger partial charge in [-0.25, -0.2) is 0 Å². The molecule has 19 heavy (non-hydrogen) atoms. The van der Waals surface area contributed by atoms with E-state index in [1.807, 2.05) is 0 Å². The molecule has 0 aromatic heterocycles. The minimum Gasteiger partial charge on any atom is -0.342 e. The van der Waals surface area contributed by atoms with Crippen molar-refractivity contribution in [3.05, 3.63) is 33.8 Å². The van der Waals surface area contributed by atoms with Gasteiger partial charge in [0, 0.05) is 23.6 Å². The molecule has 0 heterocycles. The zero-order valence-electron chi connectivity index (χ0n) is 10.3. The lowest BCUT2D eigenvalue weighted by molar-refractivity contribution is -0.138. The van der Waals surface area contributed by atoms with Gasteiger partial charge in [0.2, 0.25) is 0 Å². The molecule has 0 saturated carbocycles. The van der Waals surface area contributed by atoms with Crippen LogP contribution in [-0.2, 0) is 6.18 Å². The van der Waals surface area contributed by atoms with Gasteiger partial charge in [0.05, 0.1) is 5.56 Å². The van der Waals surface area contributed by atoms with Crippen molar-refractivity contribution in [1.82, 2.24) is 4.90 Å². The van der Waals surface area contributed by atoms with Crippen molar-refractivity contribution in [2.75, 3.05) is 20.1 Å². The Hall–Kier alpha value is -1.08. The highest BCUT2D eigenvalue weighted by Gasteiger charge is 2.33. The van der Waals surface area contributed by atoms with E-state index < -0.39 is 17.6 Å². The lowest BCUT2D eigenvalue weighted by Gasteiger charge is -2.18. The van der Waals surface area contributed by atoms with Gasteiger partial charge in [-0.3, -0.25) is 4.79 Å². The number of rotatable bonds is 4. The maximum Gasteiger partial charge on any atom is 0.417 e. The molecular weight excluding hydrogens is 325 g/mol. The molecule has 0 aliphatic carbocycles. The van der Waals surface area contributed by atoms with Gasteiger partial charge >= 0.3 is 6.18 Å². The average molecular weight is 339 g/mol. The molecule has 0 saturated heterocycles. The van der Waals surface area contributed by atoms with Gasteiger partial charge in [0.1, 0.15) is 0 Å². The number of carbonyl (C=O) groups is 1. The molecule has 1 amide bonds. The van der Waals surface area contributed by atoms with E-state index >= 15 is 0 Å². The summed E-state index contributed by atoms with van der Waals surface area (Å²) >= 11 is 2.83. The maximum atomic E-state index is 12.7. The predicted octanol–water partition coefficient (Wildman–Crippen LogP) is 2.89. The van der Waals surface area contributed by atoms with E-state index in [0.29, 0.717) is 19.5 Å². The Morgan fingerprint density at radius 3 is 2.58 bits per heavy atom. The average Bonchev–Trinajstić information content (AvgIpc) is 2.34. The Kier molecular flexibility index (Phi) is 5.37. The van der Waals surface area contributed by atoms with Gasteiger partial charge in [0.15, 0.2) is 0 Å². The first-order valence-corrected chi connectivity index (χ1v) is 6.39. The van der Waals surface area contributed by atoms with E-state index in [1.165, 1.54) is 24.1 Å². The van der Waals surface area contributed by atoms with E-state index in [2.05, 4.69) is 15.9 Å². The molecule has 0 unspecified atom stereocenters. The summed E-state index contributed by atoms with van der Waals surface area (Å²) < 4.78 is 38.1. The highest BCUT2D eigenvalue weighted by Crippen LogP contribution is 2.35. The fraction of sp³-hybridized carbons (Fsp3) is 0.417. The summed E-state index contributed by atoms with van der Waals surface area (Å²) in [7, 11) is 1.54. The minimum atomic E-state index is -4.50. The smallest absolute Gasteiger partial charge is 0.342 e. The lowest BCUT2D eigenvalue weighted by atomic mass is 10.1. The van der Waals surface area contributed by atoms with Gasteiger partial charge in [-0.05, 0) is 31.2 Å². The number of hydrogen-bond donors (Lipinski definition) is 1. The fourth-order valence-corrected chi connectivity index (χ4v) is 2.00. The van der Waals surface area contributed by atoms with Gasteiger partial charge in [-0.15, -0.1) is 0 Å². The first kappa shape index (κ1) is 16.0. The Bertz CT molecular complexity index is 463. The van der Waals surface area contributed by atoms with Crippen LogP contribution in [0.3, 0.4) is 0 Å². The zero-order chi connectivity index (χ0) is 14.6. The van der Waals surface area contributed by atoms with Crippen LogP contribution in [0.15, 0.2) is 22.7 Å². The van der Waals surface area contributed by atoms with Crippen LogP contribution >= 0.6 is 15.9 Å². The molecule has 0 fully saturated rings. The molecule has 0 bridgehead atoms. The summed E-state index contributed by atoms with van der Waals surface area (Å²) in [6.07, 6.45) is -3.89. The van der Waals surface area contributed by atoms with Gasteiger partial charge in [-0.1, -0.05) is 15.9 Å². The standard InChI is InChI=1S/C12H14BrF3N2O/c1-18(6-2-5-17)11(19)8-3-4-10(13)9(7-8)12(14,15)16/h3-4,7H,2,5-6,17H2,1H3. The Morgan fingerprint density at radius 2 is 2.05 bits per heavy atom. The van der Waals surface area contributed by atoms with E-state index in [0.717, 1.165) is 6.07 Å². The van der Waals surface area contributed by atoms with Crippen LogP contribution in [0.5, 0.6) is 0 Å². The van der Waals surface area contributed by atoms with Crippen LogP contribution in [0, 0.1) is 0 Å². The lowest BCUT2D eigenvalue weighted by Crippen LogP contribution is -2.29. The van der Waals surface area contributed by atoms with Crippen molar-refractivity contribution in [1.29, 1.82) is 0 Å². The second-order valence-electron chi connectivity index (χ2n) is 4.06. The summed E-state index contributed by atoms with van der Waals surface area (Å²) in [5.41, 5.74) is 4.48. The first-order valence-electron chi connectivity index (χ1n) is 5.59. The SMILES string of the molecule is CN(CCCN)C(=O)c1ccc(Br)c(C(F)(F)F)c1. The third-order valence-corrected chi connectivity index (χ3v) is 3.25.